The van der Waals surface area contributed by atoms with E-state index < -0.39 is 0 Å². The van der Waals surface area contributed by atoms with Gasteiger partial charge in [0.25, 0.3) is 0 Å². The summed E-state index contributed by atoms with van der Waals surface area (Å²) in [5, 5.41) is 9.83. The van der Waals surface area contributed by atoms with Gasteiger partial charge in [0.2, 0.25) is 5.13 Å². The minimum absolute atomic E-state index is 0.249. The standard InChI is InChI=1S/C17H21N3S2/c1-16(2)11-6-7-17(16,3)14(9-11)19-20-15-18-12(10-22-15)13-5-4-8-21-13/h4-5,8,10-11H,6-7,9H2,1-3H3,(H,18,20)/b19-14-/t11-,17+/m0/s1. The van der Waals surface area contributed by atoms with Crippen LogP contribution in [0.5, 0.6) is 0 Å². The van der Waals surface area contributed by atoms with Crippen LogP contribution in [0.3, 0.4) is 0 Å². The summed E-state index contributed by atoms with van der Waals surface area (Å²) in [5.74, 6) is 0.788. The molecule has 4 rings (SSSR count). The summed E-state index contributed by atoms with van der Waals surface area (Å²) in [6.45, 7) is 7.20. The van der Waals surface area contributed by atoms with Crippen molar-refractivity contribution in [3.05, 3.63) is 22.9 Å². The average Bonchev–Trinajstić information content (AvgIpc) is 3.22. The van der Waals surface area contributed by atoms with Crippen LogP contribution in [0.15, 0.2) is 28.0 Å². The van der Waals surface area contributed by atoms with Crippen molar-refractivity contribution in [2.75, 3.05) is 5.43 Å². The SMILES string of the molecule is CC1(C)[C@H]2CC[C@]1(C)/C(=N\Nc1nc(-c3cccs3)cs1)C2. The molecule has 0 spiro atoms. The highest BCUT2D eigenvalue weighted by Gasteiger charge is 2.59. The van der Waals surface area contributed by atoms with Gasteiger partial charge in [0, 0.05) is 16.5 Å². The van der Waals surface area contributed by atoms with Gasteiger partial charge in [-0.15, -0.1) is 22.7 Å². The molecule has 1 N–H and O–H groups in total. The van der Waals surface area contributed by atoms with E-state index in [4.69, 9.17) is 5.10 Å². The Bertz CT molecular complexity index is 714. The van der Waals surface area contributed by atoms with Gasteiger partial charge < -0.3 is 0 Å². The molecular formula is C17H21N3S2. The molecule has 2 aromatic rings. The molecule has 2 saturated carbocycles. The van der Waals surface area contributed by atoms with Gasteiger partial charge in [-0.05, 0) is 42.0 Å². The normalized spacial score (nSPS) is 31.0. The number of nitrogens with one attached hydrogen (secondary N) is 1. The predicted molar refractivity (Wildman–Crippen MR) is 95.7 cm³/mol. The van der Waals surface area contributed by atoms with Crippen molar-refractivity contribution in [1.82, 2.24) is 4.98 Å². The fraction of sp³-hybridized carbons (Fsp3) is 0.529. The molecule has 2 fully saturated rings. The largest absolute Gasteiger partial charge is 0.253 e. The first-order valence-electron chi connectivity index (χ1n) is 7.83. The van der Waals surface area contributed by atoms with Crippen LogP contribution >= 0.6 is 22.7 Å². The number of hydrazone groups is 1. The van der Waals surface area contributed by atoms with E-state index in [2.05, 4.69) is 54.1 Å². The molecule has 2 atom stereocenters. The molecule has 2 aromatic heterocycles. The lowest BCUT2D eigenvalue weighted by atomic mass is 9.70. The molecule has 0 radical (unpaired) electrons. The van der Waals surface area contributed by atoms with Gasteiger partial charge in [-0.3, -0.25) is 5.43 Å². The van der Waals surface area contributed by atoms with E-state index in [0.29, 0.717) is 5.41 Å². The zero-order valence-electron chi connectivity index (χ0n) is 13.2. The van der Waals surface area contributed by atoms with Gasteiger partial charge in [0.1, 0.15) is 0 Å². The molecule has 22 heavy (non-hydrogen) atoms. The Kier molecular flexibility index (Phi) is 3.20. The van der Waals surface area contributed by atoms with Crippen molar-refractivity contribution in [3.8, 4) is 10.6 Å². The average molecular weight is 332 g/mol. The summed E-state index contributed by atoms with van der Waals surface area (Å²) in [4.78, 5) is 5.86. The highest BCUT2D eigenvalue weighted by molar-refractivity contribution is 7.15. The van der Waals surface area contributed by atoms with E-state index in [1.165, 1.54) is 23.4 Å². The molecule has 0 aliphatic heterocycles. The Balaban J connectivity index is 1.54. The molecule has 2 bridgehead atoms. The molecule has 2 aliphatic rings. The third-order valence-corrected chi connectivity index (χ3v) is 7.72. The van der Waals surface area contributed by atoms with E-state index in [9.17, 15) is 0 Å². The first-order chi connectivity index (χ1) is 10.5. The lowest BCUT2D eigenvalue weighted by Crippen LogP contribution is -2.32. The Morgan fingerprint density at radius 1 is 1.32 bits per heavy atom. The summed E-state index contributed by atoms with van der Waals surface area (Å²) in [5.41, 5.74) is 6.22. The maximum absolute atomic E-state index is 4.76. The van der Waals surface area contributed by atoms with Crippen molar-refractivity contribution < 1.29 is 0 Å². The van der Waals surface area contributed by atoms with E-state index in [-0.39, 0.29) is 5.41 Å². The van der Waals surface area contributed by atoms with Crippen molar-refractivity contribution >= 4 is 33.5 Å². The van der Waals surface area contributed by atoms with Crippen LogP contribution in [-0.4, -0.2) is 10.7 Å². The number of hydrogen-bond acceptors (Lipinski definition) is 5. The molecule has 0 saturated heterocycles. The lowest BCUT2D eigenvalue weighted by Gasteiger charge is -2.34. The summed E-state index contributed by atoms with van der Waals surface area (Å²) < 4.78 is 0. The van der Waals surface area contributed by atoms with Crippen LogP contribution in [0.4, 0.5) is 5.13 Å². The van der Waals surface area contributed by atoms with Gasteiger partial charge in [-0.25, -0.2) is 4.98 Å². The highest BCUT2D eigenvalue weighted by Crippen LogP contribution is 2.63. The molecule has 3 nitrogen and oxygen atoms in total. The molecule has 2 heterocycles. The van der Waals surface area contributed by atoms with E-state index in [1.807, 2.05) is 0 Å². The third kappa shape index (κ3) is 1.98. The highest BCUT2D eigenvalue weighted by atomic mass is 32.1. The molecular weight excluding hydrogens is 310 g/mol. The van der Waals surface area contributed by atoms with E-state index in [1.54, 1.807) is 22.7 Å². The second-order valence-electron chi connectivity index (χ2n) is 7.18. The van der Waals surface area contributed by atoms with Crippen LogP contribution in [0, 0.1) is 16.7 Å². The number of hydrogen-bond donors (Lipinski definition) is 1. The van der Waals surface area contributed by atoms with Crippen LogP contribution in [0.2, 0.25) is 0 Å². The zero-order valence-corrected chi connectivity index (χ0v) is 14.9. The summed E-state index contributed by atoms with van der Waals surface area (Å²) in [6.07, 6.45) is 3.76. The van der Waals surface area contributed by atoms with Gasteiger partial charge in [0.05, 0.1) is 10.6 Å². The minimum Gasteiger partial charge on any atom is -0.253 e. The van der Waals surface area contributed by atoms with E-state index in [0.717, 1.165) is 23.2 Å². The number of aromatic nitrogens is 1. The topological polar surface area (TPSA) is 37.3 Å². The van der Waals surface area contributed by atoms with Crippen molar-refractivity contribution in [3.63, 3.8) is 0 Å². The monoisotopic (exact) mass is 331 g/mol. The smallest absolute Gasteiger partial charge is 0.203 e. The fourth-order valence-electron chi connectivity index (χ4n) is 4.08. The molecule has 5 heteroatoms. The van der Waals surface area contributed by atoms with E-state index >= 15 is 0 Å². The molecule has 116 valence electrons. The van der Waals surface area contributed by atoms with Gasteiger partial charge >= 0.3 is 0 Å². The van der Waals surface area contributed by atoms with Crippen LogP contribution in [0.25, 0.3) is 10.6 Å². The fourth-order valence-corrected chi connectivity index (χ4v) is 5.49. The Labute approximate surface area is 139 Å². The number of anilines is 1. The quantitative estimate of drug-likeness (QED) is 0.756. The molecule has 0 aromatic carbocycles. The Hall–Kier alpha value is -1.20. The summed E-state index contributed by atoms with van der Waals surface area (Å²) in [7, 11) is 0. The number of thiazole rings is 1. The molecule has 0 unspecified atom stereocenters. The lowest BCUT2D eigenvalue weighted by molar-refractivity contribution is 0.194. The summed E-state index contributed by atoms with van der Waals surface area (Å²) in [6, 6.07) is 4.17. The van der Waals surface area contributed by atoms with Crippen LogP contribution in [0.1, 0.15) is 40.0 Å². The predicted octanol–water partition coefficient (Wildman–Crippen LogP) is 5.49. The maximum Gasteiger partial charge on any atom is 0.203 e. The third-order valence-electron chi connectivity index (χ3n) is 6.08. The van der Waals surface area contributed by atoms with Crippen molar-refractivity contribution in [2.45, 2.75) is 40.0 Å². The first kappa shape index (κ1) is 14.4. The Morgan fingerprint density at radius 2 is 2.18 bits per heavy atom. The maximum atomic E-state index is 4.76. The minimum atomic E-state index is 0.249. The number of rotatable bonds is 3. The second kappa shape index (κ2) is 4.90. The van der Waals surface area contributed by atoms with Crippen molar-refractivity contribution in [1.29, 1.82) is 0 Å². The van der Waals surface area contributed by atoms with Crippen LogP contribution in [-0.2, 0) is 0 Å². The first-order valence-corrected chi connectivity index (χ1v) is 9.59. The molecule has 2 aliphatic carbocycles. The van der Waals surface area contributed by atoms with Gasteiger partial charge in [-0.1, -0.05) is 26.8 Å². The number of thiophene rings is 1. The zero-order chi connectivity index (χ0) is 15.4. The second-order valence-corrected chi connectivity index (χ2v) is 8.98. The number of nitrogens with zero attached hydrogens (tertiary/aromatic N) is 2. The summed E-state index contributed by atoms with van der Waals surface area (Å²) >= 11 is 3.35. The Morgan fingerprint density at radius 3 is 2.82 bits per heavy atom. The van der Waals surface area contributed by atoms with Crippen LogP contribution < -0.4 is 5.43 Å². The molecule has 0 amide bonds. The van der Waals surface area contributed by atoms with Gasteiger partial charge in [-0.2, -0.15) is 5.10 Å². The number of fused-ring (bicyclic) bond motifs is 2. The van der Waals surface area contributed by atoms with Crippen molar-refractivity contribution in [2.24, 2.45) is 21.8 Å². The van der Waals surface area contributed by atoms with Gasteiger partial charge in [0.15, 0.2) is 0 Å².